The second-order valence-electron chi connectivity index (χ2n) is 7.83. The van der Waals surface area contributed by atoms with E-state index >= 15 is 0 Å². The number of nitrogens with zero attached hydrogens (tertiary/aromatic N) is 4. The Morgan fingerprint density at radius 2 is 1.97 bits per heavy atom. The number of carbonyl (C=O) groups is 1. The van der Waals surface area contributed by atoms with Gasteiger partial charge in [-0.1, -0.05) is 5.21 Å². The Labute approximate surface area is 177 Å². The number of amides is 1. The summed E-state index contributed by atoms with van der Waals surface area (Å²) in [7, 11) is 0. The Hall–Kier alpha value is -3.81. The standard InChI is InChI=1S/C23H20FN5O2/c1-14-3-2-10-28(14)23(31)15-4-7-18(8-5-15)29-13-21(26-27-29)19-12-16-11-17(24)6-9-20(16)25-22(19)30/h4-9,11-14H,2-3,10H2,1H3,(H,25,30)/t14-/m1/s1. The number of nitrogens with one attached hydrogen (secondary N) is 1. The van der Waals surface area contributed by atoms with Crippen LogP contribution < -0.4 is 5.56 Å². The van der Waals surface area contributed by atoms with E-state index in [9.17, 15) is 14.0 Å². The SMILES string of the molecule is C[C@@H]1CCCN1C(=O)c1ccc(-n2cc(-c3cc4cc(F)ccc4[nH]c3=O)nn2)cc1. The Morgan fingerprint density at radius 1 is 1.16 bits per heavy atom. The van der Waals surface area contributed by atoms with Gasteiger partial charge in [-0.15, -0.1) is 5.10 Å². The van der Waals surface area contributed by atoms with Gasteiger partial charge in [-0.25, -0.2) is 9.07 Å². The van der Waals surface area contributed by atoms with E-state index in [1.807, 2.05) is 4.90 Å². The van der Waals surface area contributed by atoms with Gasteiger partial charge in [0.05, 0.1) is 17.4 Å². The van der Waals surface area contributed by atoms with Crippen molar-refractivity contribution in [1.29, 1.82) is 0 Å². The van der Waals surface area contributed by atoms with E-state index in [1.165, 1.54) is 22.9 Å². The molecule has 1 aliphatic rings. The predicted octanol–water partition coefficient (Wildman–Crippen LogP) is 3.54. The predicted molar refractivity (Wildman–Crippen MR) is 115 cm³/mol. The Balaban J connectivity index is 1.43. The lowest BCUT2D eigenvalue weighted by atomic mass is 10.1. The second-order valence-corrected chi connectivity index (χ2v) is 7.83. The van der Waals surface area contributed by atoms with Gasteiger partial charge in [0.2, 0.25) is 0 Å². The average molecular weight is 417 g/mol. The van der Waals surface area contributed by atoms with Crippen molar-refractivity contribution in [2.45, 2.75) is 25.8 Å². The number of hydrogen-bond donors (Lipinski definition) is 1. The van der Waals surface area contributed by atoms with Gasteiger partial charge in [-0.05, 0) is 68.3 Å². The summed E-state index contributed by atoms with van der Waals surface area (Å²) in [4.78, 5) is 29.8. The van der Waals surface area contributed by atoms with Gasteiger partial charge < -0.3 is 9.88 Å². The molecule has 1 N–H and O–H groups in total. The van der Waals surface area contributed by atoms with Crippen molar-refractivity contribution in [1.82, 2.24) is 24.9 Å². The van der Waals surface area contributed by atoms with Gasteiger partial charge >= 0.3 is 0 Å². The molecule has 0 radical (unpaired) electrons. The first-order valence-electron chi connectivity index (χ1n) is 10.2. The summed E-state index contributed by atoms with van der Waals surface area (Å²) < 4.78 is 15.1. The summed E-state index contributed by atoms with van der Waals surface area (Å²) in [5.74, 6) is -0.349. The maximum atomic E-state index is 13.6. The molecular formula is C23H20FN5O2. The number of halogens is 1. The highest BCUT2D eigenvalue weighted by atomic mass is 19.1. The number of pyridine rings is 1. The van der Waals surface area contributed by atoms with Crippen molar-refractivity contribution in [3.05, 3.63) is 76.5 Å². The average Bonchev–Trinajstić information content (AvgIpc) is 3.42. The summed E-state index contributed by atoms with van der Waals surface area (Å²) in [6.07, 6.45) is 3.70. The molecule has 1 aliphatic heterocycles. The largest absolute Gasteiger partial charge is 0.336 e. The molecule has 0 saturated carbocycles. The van der Waals surface area contributed by atoms with E-state index < -0.39 is 0 Å². The molecule has 0 bridgehead atoms. The zero-order valence-electron chi connectivity index (χ0n) is 16.9. The van der Waals surface area contributed by atoms with Crippen molar-refractivity contribution in [3.63, 3.8) is 0 Å². The molecule has 2 aromatic carbocycles. The fraction of sp³-hybridized carbons (Fsp3) is 0.217. The molecule has 1 saturated heterocycles. The van der Waals surface area contributed by atoms with Crippen molar-refractivity contribution in [2.75, 3.05) is 6.54 Å². The lowest BCUT2D eigenvalue weighted by molar-refractivity contribution is 0.0747. The molecule has 8 heteroatoms. The summed E-state index contributed by atoms with van der Waals surface area (Å²) >= 11 is 0. The molecule has 1 fully saturated rings. The maximum absolute atomic E-state index is 13.6. The number of aromatic nitrogens is 4. The van der Waals surface area contributed by atoms with Gasteiger partial charge in [0.15, 0.2) is 0 Å². The topological polar surface area (TPSA) is 83.9 Å². The van der Waals surface area contributed by atoms with E-state index in [4.69, 9.17) is 0 Å². The zero-order chi connectivity index (χ0) is 21.5. The van der Waals surface area contributed by atoms with E-state index in [0.717, 1.165) is 19.4 Å². The molecule has 31 heavy (non-hydrogen) atoms. The minimum atomic E-state index is -0.382. The van der Waals surface area contributed by atoms with Crippen LogP contribution in [0, 0.1) is 5.82 Å². The van der Waals surface area contributed by atoms with E-state index in [0.29, 0.717) is 33.4 Å². The molecule has 1 amide bonds. The summed E-state index contributed by atoms with van der Waals surface area (Å²) in [5, 5.41) is 8.79. The highest BCUT2D eigenvalue weighted by Crippen LogP contribution is 2.22. The van der Waals surface area contributed by atoms with E-state index in [1.54, 1.807) is 36.5 Å². The lowest BCUT2D eigenvalue weighted by Crippen LogP contribution is -2.33. The summed E-state index contributed by atoms with van der Waals surface area (Å²) in [5.41, 5.74) is 2.25. The Bertz CT molecular complexity index is 1340. The van der Waals surface area contributed by atoms with Crippen LogP contribution in [0.5, 0.6) is 0 Å². The maximum Gasteiger partial charge on any atom is 0.258 e. The van der Waals surface area contributed by atoms with Crippen LogP contribution in [0.4, 0.5) is 4.39 Å². The number of hydrogen-bond acceptors (Lipinski definition) is 4. The van der Waals surface area contributed by atoms with Crippen LogP contribution in [-0.4, -0.2) is 43.4 Å². The highest BCUT2D eigenvalue weighted by Gasteiger charge is 2.25. The fourth-order valence-electron chi connectivity index (χ4n) is 4.04. The molecule has 4 aromatic rings. The molecule has 0 unspecified atom stereocenters. The van der Waals surface area contributed by atoms with Gasteiger partial charge in [0.25, 0.3) is 11.5 Å². The molecule has 156 valence electrons. The molecule has 5 rings (SSSR count). The Morgan fingerprint density at radius 3 is 2.71 bits per heavy atom. The minimum Gasteiger partial charge on any atom is -0.336 e. The second kappa shape index (κ2) is 7.46. The minimum absolute atomic E-state index is 0.0331. The smallest absolute Gasteiger partial charge is 0.258 e. The molecule has 7 nitrogen and oxygen atoms in total. The number of aromatic amines is 1. The third-order valence-corrected chi connectivity index (χ3v) is 5.77. The van der Waals surface area contributed by atoms with Crippen LogP contribution in [0.25, 0.3) is 27.8 Å². The van der Waals surface area contributed by atoms with Gasteiger partial charge in [-0.3, -0.25) is 9.59 Å². The fourth-order valence-corrected chi connectivity index (χ4v) is 4.04. The van der Waals surface area contributed by atoms with Crippen molar-refractivity contribution < 1.29 is 9.18 Å². The number of rotatable bonds is 3. The van der Waals surface area contributed by atoms with Gasteiger partial charge in [0, 0.05) is 29.1 Å². The van der Waals surface area contributed by atoms with Crippen LogP contribution in [-0.2, 0) is 0 Å². The monoisotopic (exact) mass is 417 g/mol. The molecule has 0 spiro atoms. The highest BCUT2D eigenvalue weighted by molar-refractivity contribution is 5.94. The third kappa shape index (κ3) is 3.50. The quantitative estimate of drug-likeness (QED) is 0.553. The van der Waals surface area contributed by atoms with E-state index in [2.05, 4.69) is 22.2 Å². The molecule has 3 heterocycles. The van der Waals surface area contributed by atoms with Crippen LogP contribution in [0.1, 0.15) is 30.1 Å². The van der Waals surface area contributed by atoms with Crippen LogP contribution >= 0.6 is 0 Å². The van der Waals surface area contributed by atoms with Gasteiger partial charge in [0.1, 0.15) is 11.5 Å². The third-order valence-electron chi connectivity index (χ3n) is 5.77. The lowest BCUT2D eigenvalue weighted by Gasteiger charge is -2.21. The first-order chi connectivity index (χ1) is 15.0. The number of likely N-dealkylation sites (tertiary alicyclic amines) is 1. The molecule has 0 aliphatic carbocycles. The van der Waals surface area contributed by atoms with Crippen LogP contribution in [0.3, 0.4) is 0 Å². The van der Waals surface area contributed by atoms with E-state index in [-0.39, 0.29) is 23.3 Å². The van der Waals surface area contributed by atoms with Crippen molar-refractivity contribution >= 4 is 16.8 Å². The normalized spacial score (nSPS) is 16.2. The van der Waals surface area contributed by atoms with Crippen molar-refractivity contribution in [3.8, 4) is 16.9 Å². The number of carbonyl (C=O) groups excluding carboxylic acids is 1. The first-order valence-corrected chi connectivity index (χ1v) is 10.2. The molecular weight excluding hydrogens is 397 g/mol. The number of H-pyrrole nitrogens is 1. The summed E-state index contributed by atoms with van der Waals surface area (Å²) in [6.45, 7) is 2.86. The number of fused-ring (bicyclic) bond motifs is 1. The van der Waals surface area contributed by atoms with Gasteiger partial charge in [-0.2, -0.15) is 0 Å². The molecule has 1 atom stereocenters. The Kier molecular flexibility index (Phi) is 4.62. The first kappa shape index (κ1) is 19.2. The van der Waals surface area contributed by atoms with Crippen LogP contribution in [0.15, 0.2) is 59.5 Å². The number of benzene rings is 2. The van der Waals surface area contributed by atoms with Crippen molar-refractivity contribution in [2.24, 2.45) is 0 Å². The zero-order valence-corrected chi connectivity index (χ0v) is 16.9. The molecule has 2 aromatic heterocycles. The summed E-state index contributed by atoms with van der Waals surface area (Å²) in [6, 6.07) is 13.2. The van der Waals surface area contributed by atoms with Crippen LogP contribution in [0.2, 0.25) is 0 Å².